The summed E-state index contributed by atoms with van der Waals surface area (Å²) < 4.78 is 39.3. The Kier molecular flexibility index (Phi) is 11.2. The van der Waals surface area contributed by atoms with Crippen molar-refractivity contribution in [2.45, 2.75) is 57.2 Å². The van der Waals surface area contributed by atoms with E-state index in [1.54, 1.807) is 19.9 Å². The summed E-state index contributed by atoms with van der Waals surface area (Å²) in [6.45, 7) is 7.20. The van der Waals surface area contributed by atoms with E-state index >= 15 is 0 Å². The number of nitrogens with one attached hydrogen (secondary N) is 2. The van der Waals surface area contributed by atoms with E-state index in [9.17, 15) is 23.1 Å². The number of sulfonamides is 1. The third kappa shape index (κ3) is 8.33. The van der Waals surface area contributed by atoms with Crippen LogP contribution in [0.5, 0.6) is 11.5 Å². The lowest BCUT2D eigenvalue weighted by Crippen LogP contribution is -2.57. The van der Waals surface area contributed by atoms with Crippen LogP contribution in [0.4, 0.5) is 0 Å². The van der Waals surface area contributed by atoms with Crippen molar-refractivity contribution in [2.24, 2.45) is 11.8 Å². The van der Waals surface area contributed by atoms with E-state index in [-0.39, 0.29) is 48.9 Å². The van der Waals surface area contributed by atoms with Crippen molar-refractivity contribution in [1.82, 2.24) is 14.9 Å². The number of ether oxygens (including phenoxy) is 2. The molecule has 0 saturated carbocycles. The molecule has 1 aliphatic heterocycles. The molecule has 220 valence electrons. The van der Waals surface area contributed by atoms with Crippen LogP contribution in [0.15, 0.2) is 53.4 Å². The van der Waals surface area contributed by atoms with Crippen LogP contribution in [-0.2, 0) is 26.0 Å². The van der Waals surface area contributed by atoms with Crippen LogP contribution in [0.25, 0.3) is 0 Å². The van der Waals surface area contributed by atoms with Crippen LogP contribution < -0.4 is 20.1 Å². The second kappa shape index (κ2) is 14.2. The molecule has 2 aromatic rings. The fraction of sp³-hybridized carbons (Fsp3) is 0.500. The van der Waals surface area contributed by atoms with Crippen LogP contribution in [-0.4, -0.2) is 73.6 Å². The van der Waals surface area contributed by atoms with Crippen LogP contribution in [0, 0.1) is 11.8 Å². The number of alkyl halides is 1. The van der Waals surface area contributed by atoms with E-state index in [1.165, 1.54) is 16.4 Å². The first-order valence-corrected chi connectivity index (χ1v) is 15.2. The van der Waals surface area contributed by atoms with E-state index in [0.717, 1.165) is 5.56 Å². The molecule has 3 N–H and O–H groups in total. The van der Waals surface area contributed by atoms with Gasteiger partial charge in [0.2, 0.25) is 28.6 Å². The zero-order valence-corrected chi connectivity index (χ0v) is 24.7. The number of aliphatic hydroxyl groups excluding tert-OH is 1. The SMILES string of the molecule is CC(C)CN(C[C@@H](O)[C@H](Cc1ccccc1)NC(=O)[C@@H](NC(=O)CCl)C(C)C)S(=O)(=O)c1ccc2c(c1)OCO2. The molecule has 2 amide bonds. The third-order valence-corrected chi connectivity index (χ3v) is 8.49. The summed E-state index contributed by atoms with van der Waals surface area (Å²) in [7, 11) is -4.04. The first-order chi connectivity index (χ1) is 18.9. The number of amides is 2. The largest absolute Gasteiger partial charge is 0.454 e. The predicted molar refractivity (Wildman–Crippen MR) is 152 cm³/mol. The van der Waals surface area contributed by atoms with E-state index in [1.807, 2.05) is 44.2 Å². The van der Waals surface area contributed by atoms with Crippen LogP contribution in [0.3, 0.4) is 0 Å². The van der Waals surface area contributed by atoms with Gasteiger partial charge >= 0.3 is 0 Å². The minimum Gasteiger partial charge on any atom is -0.454 e. The average Bonchev–Trinajstić information content (AvgIpc) is 3.39. The number of carbonyl (C=O) groups is 2. The van der Waals surface area contributed by atoms with Gasteiger partial charge in [-0.3, -0.25) is 9.59 Å². The molecule has 0 bridgehead atoms. The Bertz CT molecular complexity index is 1260. The van der Waals surface area contributed by atoms with E-state index < -0.39 is 40.0 Å². The summed E-state index contributed by atoms with van der Waals surface area (Å²) >= 11 is 5.63. The van der Waals surface area contributed by atoms with Gasteiger partial charge in [0.25, 0.3) is 0 Å². The molecule has 0 aromatic heterocycles. The molecule has 0 spiro atoms. The quantitative estimate of drug-likeness (QED) is 0.286. The van der Waals surface area contributed by atoms with Gasteiger partial charge in [0.05, 0.1) is 17.0 Å². The zero-order chi connectivity index (χ0) is 29.4. The van der Waals surface area contributed by atoms with E-state index in [4.69, 9.17) is 21.1 Å². The molecule has 0 unspecified atom stereocenters. The van der Waals surface area contributed by atoms with Gasteiger partial charge in [-0.15, -0.1) is 11.6 Å². The number of hydrogen-bond donors (Lipinski definition) is 3. The Morgan fingerprint density at radius 3 is 2.30 bits per heavy atom. The van der Waals surface area contributed by atoms with Gasteiger partial charge in [-0.05, 0) is 36.0 Å². The first kappa shape index (κ1) is 31.7. The lowest BCUT2D eigenvalue weighted by Gasteiger charge is -2.32. The van der Waals surface area contributed by atoms with Gasteiger partial charge in [0, 0.05) is 19.2 Å². The highest BCUT2D eigenvalue weighted by Gasteiger charge is 2.34. The molecule has 0 radical (unpaired) electrons. The van der Waals surface area contributed by atoms with Crippen LogP contribution in [0.1, 0.15) is 33.3 Å². The highest BCUT2D eigenvalue weighted by Crippen LogP contribution is 2.34. The Morgan fingerprint density at radius 2 is 1.68 bits per heavy atom. The molecular formula is C28H38ClN3O7S. The van der Waals surface area contributed by atoms with Crippen molar-refractivity contribution in [1.29, 1.82) is 0 Å². The summed E-state index contributed by atoms with van der Waals surface area (Å²) in [5.41, 5.74) is 0.840. The van der Waals surface area contributed by atoms with Crippen LogP contribution in [0.2, 0.25) is 0 Å². The van der Waals surface area contributed by atoms with Gasteiger partial charge in [-0.1, -0.05) is 58.0 Å². The van der Waals surface area contributed by atoms with Gasteiger partial charge < -0.3 is 25.2 Å². The van der Waals surface area contributed by atoms with Crippen molar-refractivity contribution in [3.63, 3.8) is 0 Å². The van der Waals surface area contributed by atoms with E-state index in [2.05, 4.69) is 10.6 Å². The second-order valence-corrected chi connectivity index (χ2v) is 12.7. The number of fused-ring (bicyclic) bond motifs is 1. The number of hydrogen-bond acceptors (Lipinski definition) is 7. The number of aliphatic hydroxyl groups is 1. The van der Waals surface area contributed by atoms with Crippen molar-refractivity contribution in [3.8, 4) is 11.5 Å². The maximum absolute atomic E-state index is 13.7. The third-order valence-electron chi connectivity index (χ3n) is 6.42. The fourth-order valence-electron chi connectivity index (χ4n) is 4.37. The average molecular weight is 596 g/mol. The molecular weight excluding hydrogens is 558 g/mol. The fourth-order valence-corrected chi connectivity index (χ4v) is 6.09. The number of rotatable bonds is 14. The Morgan fingerprint density at radius 1 is 1.00 bits per heavy atom. The molecule has 40 heavy (non-hydrogen) atoms. The van der Waals surface area contributed by atoms with E-state index in [0.29, 0.717) is 11.5 Å². The summed E-state index contributed by atoms with van der Waals surface area (Å²) in [5, 5.41) is 16.9. The maximum atomic E-state index is 13.7. The van der Waals surface area contributed by atoms with Gasteiger partial charge in [0.1, 0.15) is 11.9 Å². The monoisotopic (exact) mass is 595 g/mol. The number of benzene rings is 2. The lowest BCUT2D eigenvalue weighted by molar-refractivity contribution is -0.130. The van der Waals surface area contributed by atoms with Gasteiger partial charge in [-0.25, -0.2) is 8.42 Å². The van der Waals surface area contributed by atoms with Crippen LogP contribution >= 0.6 is 11.6 Å². The number of carbonyl (C=O) groups excluding carboxylic acids is 2. The van der Waals surface area contributed by atoms with Gasteiger partial charge in [0.15, 0.2) is 11.5 Å². The summed E-state index contributed by atoms with van der Waals surface area (Å²) in [5.74, 6) is -0.801. The van der Waals surface area contributed by atoms with Crippen molar-refractivity contribution in [3.05, 3.63) is 54.1 Å². The molecule has 12 heteroatoms. The molecule has 3 rings (SSSR count). The Labute approximate surface area is 241 Å². The Hall–Kier alpha value is -2.86. The molecule has 1 aliphatic rings. The van der Waals surface area contributed by atoms with Crippen molar-refractivity contribution in [2.75, 3.05) is 25.8 Å². The molecule has 0 aliphatic carbocycles. The number of halogens is 1. The highest BCUT2D eigenvalue weighted by molar-refractivity contribution is 7.89. The number of nitrogens with zero attached hydrogens (tertiary/aromatic N) is 1. The zero-order valence-electron chi connectivity index (χ0n) is 23.2. The molecule has 1 heterocycles. The highest BCUT2D eigenvalue weighted by atomic mass is 35.5. The molecule has 10 nitrogen and oxygen atoms in total. The maximum Gasteiger partial charge on any atom is 0.243 e. The topological polar surface area (TPSA) is 134 Å². The standard InChI is InChI=1S/C28H38ClN3O7S/c1-18(2)15-32(40(36,37)21-10-11-24-25(13-21)39-17-38-24)16-23(33)22(12-20-8-6-5-7-9-20)30-28(35)27(19(3)4)31-26(34)14-29/h5-11,13,18-19,22-23,27,33H,12,14-17H2,1-4H3,(H,30,35)(H,31,34)/t22-,23+,27-/m0/s1. The Balaban J connectivity index is 1.88. The molecule has 2 aromatic carbocycles. The minimum absolute atomic E-state index is 0.0108. The second-order valence-electron chi connectivity index (χ2n) is 10.5. The summed E-state index contributed by atoms with van der Waals surface area (Å²) in [4.78, 5) is 25.2. The summed E-state index contributed by atoms with van der Waals surface area (Å²) in [6.07, 6.45) is -1.04. The minimum atomic E-state index is -4.04. The van der Waals surface area contributed by atoms with Crippen molar-refractivity contribution >= 4 is 33.4 Å². The normalized spacial score (nSPS) is 15.2. The molecule has 0 saturated heterocycles. The molecule has 3 atom stereocenters. The summed E-state index contributed by atoms with van der Waals surface area (Å²) in [6, 6.07) is 11.9. The molecule has 0 fully saturated rings. The predicted octanol–water partition coefficient (Wildman–Crippen LogP) is 2.53. The first-order valence-electron chi connectivity index (χ1n) is 13.2. The lowest BCUT2D eigenvalue weighted by atomic mass is 9.98. The van der Waals surface area contributed by atoms with Gasteiger partial charge in [-0.2, -0.15) is 4.31 Å². The van der Waals surface area contributed by atoms with Crippen molar-refractivity contribution < 1.29 is 32.6 Å². The smallest absolute Gasteiger partial charge is 0.243 e.